The van der Waals surface area contributed by atoms with Gasteiger partial charge in [0.05, 0.1) is 17.0 Å². The maximum atomic E-state index is 11.9. The lowest BCUT2D eigenvalue weighted by Crippen LogP contribution is -2.53. The standard InChI is InChI=1S/C14H15N3O3/c18-13(17-7-9(8-17)14(19)20)6-5-12-15-10-3-1-2-4-11(10)16-12/h1-4,9H,5-8H2,(H,15,16)(H,19,20). The number of H-pyrrole nitrogens is 1. The van der Waals surface area contributed by atoms with Crippen LogP contribution < -0.4 is 0 Å². The number of carboxylic acid groups (broad SMARTS) is 1. The van der Waals surface area contributed by atoms with Crippen LogP contribution in [0.3, 0.4) is 0 Å². The molecule has 3 rings (SSSR count). The first-order valence-corrected chi connectivity index (χ1v) is 6.57. The molecule has 1 saturated heterocycles. The SMILES string of the molecule is O=C(O)C1CN(C(=O)CCc2nc3ccccc3[nH]2)C1. The summed E-state index contributed by atoms with van der Waals surface area (Å²) in [6, 6.07) is 7.72. The minimum atomic E-state index is -0.827. The Kier molecular flexibility index (Phi) is 3.14. The van der Waals surface area contributed by atoms with E-state index in [0.717, 1.165) is 16.9 Å². The van der Waals surface area contributed by atoms with Crippen molar-refractivity contribution >= 4 is 22.9 Å². The number of carbonyl (C=O) groups is 2. The number of aliphatic carboxylic acids is 1. The molecule has 0 bridgehead atoms. The Balaban J connectivity index is 1.54. The lowest BCUT2D eigenvalue weighted by atomic mass is 10.00. The number of benzene rings is 1. The highest BCUT2D eigenvalue weighted by atomic mass is 16.4. The lowest BCUT2D eigenvalue weighted by Gasteiger charge is -2.36. The van der Waals surface area contributed by atoms with E-state index in [9.17, 15) is 9.59 Å². The second-order valence-corrected chi connectivity index (χ2v) is 5.03. The highest BCUT2D eigenvalue weighted by Gasteiger charge is 2.35. The highest BCUT2D eigenvalue weighted by Crippen LogP contribution is 2.17. The first kappa shape index (κ1) is 12.7. The third-order valence-electron chi connectivity index (χ3n) is 3.60. The van der Waals surface area contributed by atoms with Gasteiger partial charge in [0.1, 0.15) is 5.82 Å². The first-order chi connectivity index (χ1) is 9.63. The monoisotopic (exact) mass is 273 g/mol. The van der Waals surface area contributed by atoms with Crippen LogP contribution in [0.15, 0.2) is 24.3 Å². The molecular weight excluding hydrogens is 258 g/mol. The number of hydrogen-bond acceptors (Lipinski definition) is 3. The molecule has 0 radical (unpaired) electrons. The molecule has 2 heterocycles. The Morgan fingerprint density at radius 2 is 2.10 bits per heavy atom. The fourth-order valence-corrected chi connectivity index (χ4v) is 2.35. The quantitative estimate of drug-likeness (QED) is 0.871. The molecule has 6 nitrogen and oxygen atoms in total. The molecule has 1 aliphatic rings. The van der Waals surface area contributed by atoms with E-state index >= 15 is 0 Å². The van der Waals surface area contributed by atoms with Gasteiger partial charge in [0.25, 0.3) is 0 Å². The van der Waals surface area contributed by atoms with Gasteiger partial charge in [0.15, 0.2) is 0 Å². The Hall–Kier alpha value is -2.37. The number of imidazole rings is 1. The number of aromatic amines is 1. The lowest BCUT2D eigenvalue weighted by molar-refractivity contribution is -0.152. The molecule has 0 unspecified atom stereocenters. The smallest absolute Gasteiger partial charge is 0.310 e. The summed E-state index contributed by atoms with van der Waals surface area (Å²) in [7, 11) is 0. The number of fused-ring (bicyclic) bond motifs is 1. The maximum Gasteiger partial charge on any atom is 0.310 e. The Bertz CT molecular complexity index is 625. The third kappa shape index (κ3) is 2.36. The number of likely N-dealkylation sites (tertiary alicyclic amines) is 1. The van der Waals surface area contributed by atoms with E-state index in [1.165, 1.54) is 0 Å². The third-order valence-corrected chi connectivity index (χ3v) is 3.60. The molecule has 20 heavy (non-hydrogen) atoms. The predicted molar refractivity (Wildman–Crippen MR) is 72.1 cm³/mol. The average Bonchev–Trinajstić information content (AvgIpc) is 2.76. The van der Waals surface area contributed by atoms with Crippen molar-refractivity contribution in [1.29, 1.82) is 0 Å². The molecule has 1 aliphatic heterocycles. The van der Waals surface area contributed by atoms with Crippen LogP contribution in [0.25, 0.3) is 11.0 Å². The summed E-state index contributed by atoms with van der Waals surface area (Å²) in [6.07, 6.45) is 0.897. The maximum absolute atomic E-state index is 11.9. The van der Waals surface area contributed by atoms with Crippen molar-refractivity contribution in [2.24, 2.45) is 5.92 Å². The largest absolute Gasteiger partial charge is 0.481 e. The molecular formula is C14H15N3O3. The van der Waals surface area contributed by atoms with Crippen molar-refractivity contribution in [3.05, 3.63) is 30.1 Å². The van der Waals surface area contributed by atoms with E-state index in [-0.39, 0.29) is 5.91 Å². The number of carboxylic acids is 1. The van der Waals surface area contributed by atoms with Crippen LogP contribution in [-0.2, 0) is 16.0 Å². The van der Waals surface area contributed by atoms with Gasteiger partial charge in [-0.2, -0.15) is 0 Å². The van der Waals surface area contributed by atoms with Gasteiger partial charge in [0, 0.05) is 25.9 Å². The van der Waals surface area contributed by atoms with Gasteiger partial charge >= 0.3 is 5.97 Å². The van der Waals surface area contributed by atoms with Gasteiger partial charge in [-0.1, -0.05) is 12.1 Å². The topological polar surface area (TPSA) is 86.3 Å². The number of aryl methyl sites for hydroxylation is 1. The fraction of sp³-hybridized carbons (Fsp3) is 0.357. The molecule has 0 atom stereocenters. The molecule has 2 N–H and O–H groups in total. The summed E-state index contributed by atoms with van der Waals surface area (Å²) in [5.41, 5.74) is 1.86. The van der Waals surface area contributed by atoms with E-state index in [4.69, 9.17) is 5.11 Å². The van der Waals surface area contributed by atoms with Crippen LogP contribution >= 0.6 is 0 Å². The number of amides is 1. The second-order valence-electron chi connectivity index (χ2n) is 5.03. The number of aromatic nitrogens is 2. The van der Waals surface area contributed by atoms with E-state index in [2.05, 4.69) is 9.97 Å². The van der Waals surface area contributed by atoms with Gasteiger partial charge in [-0.3, -0.25) is 9.59 Å². The van der Waals surface area contributed by atoms with Crippen LogP contribution in [0.2, 0.25) is 0 Å². The van der Waals surface area contributed by atoms with E-state index in [0.29, 0.717) is 25.9 Å². The summed E-state index contributed by atoms with van der Waals surface area (Å²) < 4.78 is 0. The minimum Gasteiger partial charge on any atom is -0.481 e. The molecule has 1 fully saturated rings. The number of nitrogens with one attached hydrogen (secondary N) is 1. The Labute approximate surface area is 115 Å². The molecule has 2 aromatic rings. The molecule has 1 amide bonds. The van der Waals surface area contributed by atoms with Crippen LogP contribution in [0.1, 0.15) is 12.2 Å². The molecule has 0 saturated carbocycles. The zero-order valence-corrected chi connectivity index (χ0v) is 10.9. The summed E-state index contributed by atoms with van der Waals surface area (Å²) in [4.78, 5) is 31.7. The molecule has 0 spiro atoms. The van der Waals surface area contributed by atoms with Crippen molar-refractivity contribution in [1.82, 2.24) is 14.9 Å². The van der Waals surface area contributed by atoms with Gasteiger partial charge in [0.2, 0.25) is 5.91 Å². The van der Waals surface area contributed by atoms with Crippen LogP contribution in [0.4, 0.5) is 0 Å². The van der Waals surface area contributed by atoms with Gasteiger partial charge < -0.3 is 15.0 Å². The minimum absolute atomic E-state index is 0.0112. The summed E-state index contributed by atoms with van der Waals surface area (Å²) >= 11 is 0. The van der Waals surface area contributed by atoms with Crippen LogP contribution in [0, 0.1) is 5.92 Å². The first-order valence-electron chi connectivity index (χ1n) is 6.57. The van der Waals surface area contributed by atoms with Crippen molar-refractivity contribution in [3.8, 4) is 0 Å². The van der Waals surface area contributed by atoms with E-state index in [1.54, 1.807) is 4.90 Å². The average molecular weight is 273 g/mol. The van der Waals surface area contributed by atoms with Gasteiger partial charge in [-0.25, -0.2) is 4.98 Å². The van der Waals surface area contributed by atoms with Crippen LogP contribution in [-0.4, -0.2) is 44.9 Å². The number of carbonyl (C=O) groups excluding carboxylic acids is 1. The number of para-hydroxylation sites is 2. The molecule has 1 aromatic carbocycles. The number of nitrogens with zero attached hydrogens (tertiary/aromatic N) is 2. The van der Waals surface area contributed by atoms with E-state index in [1.807, 2.05) is 24.3 Å². The summed E-state index contributed by atoms with van der Waals surface area (Å²) in [5, 5.41) is 8.77. The molecule has 6 heteroatoms. The predicted octanol–water partition coefficient (Wildman–Crippen LogP) is 1.04. The summed E-state index contributed by atoms with van der Waals surface area (Å²) in [6.45, 7) is 0.655. The van der Waals surface area contributed by atoms with Gasteiger partial charge in [-0.05, 0) is 12.1 Å². The fourth-order valence-electron chi connectivity index (χ4n) is 2.35. The zero-order chi connectivity index (χ0) is 14.1. The number of hydrogen-bond donors (Lipinski definition) is 2. The Morgan fingerprint density at radius 1 is 1.35 bits per heavy atom. The van der Waals surface area contributed by atoms with Crippen molar-refractivity contribution in [3.63, 3.8) is 0 Å². The number of rotatable bonds is 4. The van der Waals surface area contributed by atoms with Crippen LogP contribution in [0.5, 0.6) is 0 Å². The van der Waals surface area contributed by atoms with Crippen molar-refractivity contribution in [2.75, 3.05) is 13.1 Å². The van der Waals surface area contributed by atoms with Crippen molar-refractivity contribution in [2.45, 2.75) is 12.8 Å². The van der Waals surface area contributed by atoms with Gasteiger partial charge in [-0.15, -0.1) is 0 Å². The molecule has 1 aromatic heterocycles. The molecule has 0 aliphatic carbocycles. The second kappa shape index (κ2) is 4.96. The summed E-state index contributed by atoms with van der Waals surface area (Å²) in [5.74, 6) is -0.450. The Morgan fingerprint density at radius 3 is 2.80 bits per heavy atom. The van der Waals surface area contributed by atoms with E-state index < -0.39 is 11.9 Å². The van der Waals surface area contributed by atoms with Crippen molar-refractivity contribution < 1.29 is 14.7 Å². The molecule has 104 valence electrons. The highest BCUT2D eigenvalue weighted by molar-refractivity contribution is 5.81. The normalized spacial score (nSPS) is 15.3. The zero-order valence-electron chi connectivity index (χ0n) is 10.9.